The third kappa shape index (κ3) is 9.52. The molecular weight excluding hydrogens is 735 g/mol. The maximum Gasteiger partial charge on any atom is 0.442 e. The van der Waals surface area contributed by atoms with E-state index in [4.69, 9.17) is 58.5 Å². The smallest absolute Gasteiger partial charge is 0.442 e. The van der Waals surface area contributed by atoms with Crippen molar-refractivity contribution in [3.05, 3.63) is 55.4 Å². The number of methoxy groups -OCH3 is 2. The van der Waals surface area contributed by atoms with E-state index < -0.39 is 43.5 Å². The van der Waals surface area contributed by atoms with Crippen LogP contribution in [0, 0.1) is 0 Å². The molecular formula is C27H31Cl3N8O10S. The summed E-state index contributed by atoms with van der Waals surface area (Å²) in [6.07, 6.45) is -0.0642. The summed E-state index contributed by atoms with van der Waals surface area (Å²) in [5.41, 5.74) is -0.801. The SMILES string of the molecule is CC(C)Oc1cc(-n2nc(C(C)(C)C)oc2=O)c(Cl)cc1Cl.COc1cc(OC)nc(NC(=O)NS(=O)(=O)c2c(C(=O)O)c(Cl)nn2C)n1. The second kappa shape index (κ2) is 15.3. The number of ether oxygens (including phenoxy) is 3. The first kappa shape index (κ1) is 38.9. The van der Waals surface area contributed by atoms with Gasteiger partial charge in [0.15, 0.2) is 10.2 Å². The molecule has 0 aliphatic carbocycles. The molecule has 0 radical (unpaired) electrons. The average molecular weight is 766 g/mol. The van der Waals surface area contributed by atoms with Crippen LogP contribution in [0.1, 0.15) is 50.9 Å². The van der Waals surface area contributed by atoms with Crippen LogP contribution < -0.4 is 30.0 Å². The molecule has 1 aromatic carbocycles. The number of halogens is 3. The summed E-state index contributed by atoms with van der Waals surface area (Å²) in [5.74, 6) is -1.70. The highest BCUT2D eigenvalue weighted by Crippen LogP contribution is 2.33. The van der Waals surface area contributed by atoms with Crippen molar-refractivity contribution >= 4 is 62.8 Å². The van der Waals surface area contributed by atoms with Gasteiger partial charge in [0.1, 0.15) is 11.3 Å². The van der Waals surface area contributed by atoms with Crippen LogP contribution in [0.25, 0.3) is 5.69 Å². The molecule has 0 unspecified atom stereocenters. The van der Waals surface area contributed by atoms with Crippen LogP contribution in [0.4, 0.5) is 10.7 Å². The quantitative estimate of drug-likeness (QED) is 0.216. The minimum absolute atomic E-state index is 0.0478. The van der Waals surface area contributed by atoms with Crippen LogP contribution in [-0.2, 0) is 22.5 Å². The van der Waals surface area contributed by atoms with Crippen molar-refractivity contribution in [2.75, 3.05) is 19.5 Å². The highest BCUT2D eigenvalue weighted by Gasteiger charge is 2.32. The van der Waals surface area contributed by atoms with Crippen molar-refractivity contribution in [1.82, 2.24) is 34.3 Å². The van der Waals surface area contributed by atoms with E-state index in [1.165, 1.54) is 26.4 Å². The number of amides is 2. The molecule has 0 aliphatic heterocycles. The third-order valence-electron chi connectivity index (χ3n) is 5.75. The number of anilines is 1. The summed E-state index contributed by atoms with van der Waals surface area (Å²) in [6.45, 7) is 9.47. The van der Waals surface area contributed by atoms with E-state index in [-0.39, 0.29) is 34.2 Å². The largest absolute Gasteiger partial charge is 0.489 e. The Morgan fingerprint density at radius 2 is 1.59 bits per heavy atom. The predicted molar refractivity (Wildman–Crippen MR) is 176 cm³/mol. The second-order valence-electron chi connectivity index (χ2n) is 11.0. The Balaban J connectivity index is 0.000000271. The Morgan fingerprint density at radius 1 is 1.00 bits per heavy atom. The Bertz CT molecular complexity index is 2020. The van der Waals surface area contributed by atoms with Crippen LogP contribution in [0.2, 0.25) is 15.2 Å². The molecule has 0 spiro atoms. The molecule has 0 atom stereocenters. The number of hydrogen-bond donors (Lipinski definition) is 3. The molecule has 4 rings (SSSR count). The fourth-order valence-corrected chi connectivity index (χ4v) is 5.77. The van der Waals surface area contributed by atoms with Crippen LogP contribution >= 0.6 is 34.8 Å². The highest BCUT2D eigenvalue weighted by molar-refractivity contribution is 7.90. The summed E-state index contributed by atoms with van der Waals surface area (Å²) in [5, 5.41) is 18.2. The summed E-state index contributed by atoms with van der Waals surface area (Å²) in [7, 11) is -0.858. The van der Waals surface area contributed by atoms with E-state index >= 15 is 0 Å². The summed E-state index contributed by atoms with van der Waals surface area (Å²) >= 11 is 17.9. The first-order chi connectivity index (χ1) is 22.7. The van der Waals surface area contributed by atoms with Gasteiger partial charge in [-0.15, -0.1) is 5.10 Å². The lowest BCUT2D eigenvalue weighted by atomic mass is 9.97. The maximum absolute atomic E-state index is 12.4. The number of urea groups is 1. The van der Waals surface area contributed by atoms with Crippen LogP contribution in [0.15, 0.2) is 32.4 Å². The van der Waals surface area contributed by atoms with Crippen molar-refractivity contribution in [3.8, 4) is 23.2 Å². The van der Waals surface area contributed by atoms with Crippen molar-refractivity contribution in [2.45, 2.75) is 51.2 Å². The van der Waals surface area contributed by atoms with E-state index in [0.717, 1.165) is 11.7 Å². The minimum Gasteiger partial charge on any atom is -0.489 e. The average Bonchev–Trinajstić information content (AvgIpc) is 3.52. The second-order valence-corrected chi connectivity index (χ2v) is 13.7. The number of aromatic nitrogens is 6. The van der Waals surface area contributed by atoms with E-state index in [2.05, 4.69) is 25.5 Å². The first-order valence-corrected chi connectivity index (χ1v) is 16.3. The number of nitrogens with one attached hydrogen (secondary N) is 2. The van der Waals surface area contributed by atoms with Gasteiger partial charge in [-0.1, -0.05) is 55.6 Å². The molecule has 0 saturated heterocycles. The summed E-state index contributed by atoms with van der Waals surface area (Å²) in [4.78, 5) is 42.9. The molecule has 0 fully saturated rings. The number of benzene rings is 1. The minimum atomic E-state index is -4.64. The normalized spacial score (nSPS) is 11.4. The highest BCUT2D eigenvalue weighted by atomic mass is 35.5. The fraction of sp³-hybridized carbons (Fsp3) is 0.370. The number of aryl methyl sites for hydroxylation is 1. The Labute approximate surface area is 294 Å². The molecule has 3 N–H and O–H groups in total. The molecule has 0 aliphatic rings. The monoisotopic (exact) mass is 764 g/mol. The molecule has 18 nitrogen and oxygen atoms in total. The van der Waals surface area contributed by atoms with Gasteiger partial charge in [-0.25, -0.2) is 19.1 Å². The Kier molecular flexibility index (Phi) is 12.1. The first-order valence-electron chi connectivity index (χ1n) is 13.7. The van der Waals surface area contributed by atoms with Crippen molar-refractivity contribution in [3.63, 3.8) is 0 Å². The van der Waals surface area contributed by atoms with Crippen molar-refractivity contribution in [1.29, 1.82) is 0 Å². The lowest BCUT2D eigenvalue weighted by molar-refractivity contribution is 0.0692. The van der Waals surface area contributed by atoms with E-state index in [1.54, 1.807) is 10.8 Å². The van der Waals surface area contributed by atoms with Gasteiger partial charge >= 0.3 is 17.8 Å². The molecule has 4 aromatic rings. The van der Waals surface area contributed by atoms with Crippen LogP contribution in [-0.4, -0.2) is 75.4 Å². The number of carboxylic acid groups (broad SMARTS) is 1. The maximum atomic E-state index is 12.4. The molecule has 3 aromatic heterocycles. The zero-order chi connectivity index (χ0) is 37.0. The van der Waals surface area contributed by atoms with E-state index in [0.29, 0.717) is 27.0 Å². The fourth-order valence-electron chi connectivity index (χ4n) is 3.69. The number of sulfonamides is 1. The molecule has 0 bridgehead atoms. The summed E-state index contributed by atoms with van der Waals surface area (Å²) in [6, 6.07) is 3.17. The third-order valence-corrected chi connectivity index (χ3v) is 8.05. The van der Waals surface area contributed by atoms with Gasteiger partial charge < -0.3 is 23.7 Å². The van der Waals surface area contributed by atoms with Gasteiger partial charge in [0, 0.05) is 18.5 Å². The number of carboxylic acids is 1. The van der Waals surface area contributed by atoms with Gasteiger partial charge in [-0.2, -0.15) is 28.2 Å². The number of aromatic carboxylic acids is 1. The lowest BCUT2D eigenvalue weighted by Gasteiger charge is -2.13. The van der Waals surface area contributed by atoms with Gasteiger partial charge in [-0.05, 0) is 19.9 Å². The molecule has 2 amide bonds. The van der Waals surface area contributed by atoms with Gasteiger partial charge in [-0.3, -0.25) is 10.00 Å². The Hall–Kier alpha value is -4.59. The van der Waals surface area contributed by atoms with Crippen molar-refractivity contribution < 1.29 is 41.7 Å². The molecule has 266 valence electrons. The number of nitrogens with zero attached hydrogens (tertiary/aromatic N) is 6. The Morgan fingerprint density at radius 3 is 2.08 bits per heavy atom. The van der Waals surface area contributed by atoms with Gasteiger partial charge in [0.25, 0.3) is 10.0 Å². The molecule has 0 saturated carbocycles. The van der Waals surface area contributed by atoms with E-state index in [9.17, 15) is 22.8 Å². The molecule has 49 heavy (non-hydrogen) atoms. The number of carbonyl (C=O) groups is 2. The zero-order valence-electron chi connectivity index (χ0n) is 27.2. The van der Waals surface area contributed by atoms with Gasteiger partial charge in [0.05, 0.1) is 42.1 Å². The zero-order valence-corrected chi connectivity index (χ0v) is 30.2. The van der Waals surface area contributed by atoms with Gasteiger partial charge in [0.2, 0.25) is 23.6 Å². The van der Waals surface area contributed by atoms with E-state index in [1.807, 2.05) is 34.6 Å². The lowest BCUT2D eigenvalue weighted by Crippen LogP contribution is -2.36. The molecule has 22 heteroatoms. The number of hydrogen-bond acceptors (Lipinski definition) is 13. The molecule has 3 heterocycles. The number of carbonyl (C=O) groups excluding carboxylic acids is 1. The van der Waals surface area contributed by atoms with Crippen LogP contribution in [0.5, 0.6) is 17.5 Å². The number of rotatable bonds is 9. The summed E-state index contributed by atoms with van der Waals surface area (Å²) < 4.78 is 48.9. The topological polar surface area (TPSA) is 232 Å². The standard InChI is InChI=1S/C15H18Cl2N2O3.C12H13ClN6O7S/c1-8(2)21-12-7-11(9(16)6-10(12)17)19-14(20)22-13(18-19)15(3,4)5;1-19-9(7(10(20)21)8(13)17-19)27(23,24)18-12(22)16-11-14-5(25-2)4-6(15-11)26-3/h6-8H,1-5H3;4H,1-3H3,(H,20,21)(H2,14,15,16,18,22). The predicted octanol–water partition coefficient (Wildman–Crippen LogP) is 4.31. The van der Waals surface area contributed by atoms with Crippen LogP contribution in [0.3, 0.4) is 0 Å². The van der Waals surface area contributed by atoms with Crippen molar-refractivity contribution in [2.24, 2.45) is 7.05 Å².